The van der Waals surface area contributed by atoms with Gasteiger partial charge in [0.15, 0.2) is 0 Å². The molecule has 1 aromatic heterocycles. The summed E-state index contributed by atoms with van der Waals surface area (Å²) in [6, 6.07) is 5.93. The monoisotopic (exact) mass is 202 g/mol. The van der Waals surface area contributed by atoms with Crippen molar-refractivity contribution < 1.29 is 0 Å². The van der Waals surface area contributed by atoms with Crippen molar-refractivity contribution in [1.82, 2.24) is 4.98 Å². The molecular formula is C11H10N2S. The van der Waals surface area contributed by atoms with E-state index in [4.69, 9.17) is 5.26 Å². The highest BCUT2D eigenvalue weighted by Crippen LogP contribution is 2.26. The Morgan fingerprint density at radius 3 is 2.93 bits per heavy atom. The maximum atomic E-state index is 8.81. The molecule has 0 aliphatic carbocycles. The van der Waals surface area contributed by atoms with Gasteiger partial charge in [0, 0.05) is 0 Å². The van der Waals surface area contributed by atoms with Gasteiger partial charge in [-0.2, -0.15) is 5.26 Å². The van der Waals surface area contributed by atoms with Gasteiger partial charge in [-0.3, -0.25) is 0 Å². The van der Waals surface area contributed by atoms with Crippen LogP contribution in [0, 0.1) is 18.3 Å². The van der Waals surface area contributed by atoms with Crippen LogP contribution in [-0.2, 0) is 6.42 Å². The summed E-state index contributed by atoms with van der Waals surface area (Å²) in [5.74, 6) is 0. The maximum absolute atomic E-state index is 8.81. The number of aromatic nitrogens is 1. The van der Waals surface area contributed by atoms with Gasteiger partial charge in [0.25, 0.3) is 0 Å². The van der Waals surface area contributed by atoms with Crippen LogP contribution in [-0.4, -0.2) is 4.98 Å². The molecule has 1 aromatic carbocycles. The summed E-state index contributed by atoms with van der Waals surface area (Å²) in [5.41, 5.74) is 2.81. The van der Waals surface area contributed by atoms with Crippen LogP contribution in [0.1, 0.15) is 23.1 Å². The predicted octanol–water partition coefficient (Wildman–Crippen LogP) is 3.04. The van der Waals surface area contributed by atoms with Crippen LogP contribution in [0.5, 0.6) is 0 Å². The summed E-state index contributed by atoms with van der Waals surface area (Å²) >= 11 is 1.72. The van der Waals surface area contributed by atoms with Crippen molar-refractivity contribution >= 4 is 21.6 Å². The Bertz CT molecular complexity index is 520. The maximum Gasteiger partial charge on any atom is 0.0992 e. The molecule has 1 heterocycles. The zero-order chi connectivity index (χ0) is 10.1. The third-order valence-electron chi connectivity index (χ3n) is 2.15. The first-order chi connectivity index (χ1) is 6.74. The van der Waals surface area contributed by atoms with Crippen LogP contribution in [0.25, 0.3) is 10.2 Å². The van der Waals surface area contributed by atoms with Crippen LogP contribution in [0.15, 0.2) is 12.1 Å². The number of nitriles is 1. The fourth-order valence-corrected chi connectivity index (χ4v) is 2.41. The molecule has 3 heteroatoms. The molecule has 0 radical (unpaired) electrons. The zero-order valence-electron chi connectivity index (χ0n) is 8.16. The van der Waals surface area contributed by atoms with E-state index in [-0.39, 0.29) is 0 Å². The number of nitrogens with zero attached hydrogens (tertiary/aromatic N) is 2. The smallest absolute Gasteiger partial charge is 0.0992 e. The molecular weight excluding hydrogens is 192 g/mol. The number of benzene rings is 1. The molecule has 0 atom stereocenters. The molecule has 2 aromatic rings. The molecule has 2 nitrogen and oxygen atoms in total. The lowest BCUT2D eigenvalue weighted by molar-refractivity contribution is 1.11. The van der Waals surface area contributed by atoms with Gasteiger partial charge in [-0.05, 0) is 31.0 Å². The van der Waals surface area contributed by atoms with Crippen LogP contribution in [0.4, 0.5) is 0 Å². The summed E-state index contributed by atoms with van der Waals surface area (Å²) in [4.78, 5) is 4.47. The number of hydrogen-bond acceptors (Lipinski definition) is 3. The predicted molar refractivity (Wildman–Crippen MR) is 58.5 cm³/mol. The van der Waals surface area contributed by atoms with Crippen LogP contribution >= 0.6 is 11.3 Å². The van der Waals surface area contributed by atoms with E-state index >= 15 is 0 Å². The quantitative estimate of drug-likeness (QED) is 0.712. The van der Waals surface area contributed by atoms with Gasteiger partial charge in [-0.25, -0.2) is 4.98 Å². The second-order valence-corrected chi connectivity index (χ2v) is 4.30. The highest BCUT2D eigenvalue weighted by molar-refractivity contribution is 7.18. The fraction of sp³-hybridized carbons (Fsp3) is 0.273. The molecule has 0 fully saturated rings. The average Bonchev–Trinajstić information content (AvgIpc) is 2.61. The van der Waals surface area contributed by atoms with Crippen molar-refractivity contribution in [2.24, 2.45) is 0 Å². The van der Waals surface area contributed by atoms with E-state index in [0.717, 1.165) is 22.5 Å². The first-order valence-corrected chi connectivity index (χ1v) is 5.36. The van der Waals surface area contributed by atoms with Gasteiger partial charge in [-0.15, -0.1) is 11.3 Å². The molecule has 70 valence electrons. The Morgan fingerprint density at radius 2 is 2.29 bits per heavy atom. The van der Waals surface area contributed by atoms with E-state index < -0.39 is 0 Å². The summed E-state index contributed by atoms with van der Waals surface area (Å²) in [6.45, 7) is 4.12. The first-order valence-electron chi connectivity index (χ1n) is 4.54. The van der Waals surface area contributed by atoms with E-state index in [1.165, 1.54) is 4.70 Å². The topological polar surface area (TPSA) is 36.7 Å². The van der Waals surface area contributed by atoms with E-state index in [0.29, 0.717) is 5.56 Å². The molecule has 0 spiro atoms. The van der Waals surface area contributed by atoms with E-state index in [1.54, 1.807) is 11.3 Å². The summed E-state index contributed by atoms with van der Waals surface area (Å²) in [6.07, 6.45) is 0.959. The number of rotatable bonds is 1. The lowest BCUT2D eigenvalue weighted by Gasteiger charge is -1.94. The van der Waals surface area contributed by atoms with Crippen molar-refractivity contribution in [2.75, 3.05) is 0 Å². The van der Waals surface area contributed by atoms with Crippen molar-refractivity contribution in [3.8, 4) is 6.07 Å². The van der Waals surface area contributed by atoms with Crippen molar-refractivity contribution in [1.29, 1.82) is 5.26 Å². The minimum absolute atomic E-state index is 0.697. The van der Waals surface area contributed by atoms with Crippen LogP contribution < -0.4 is 0 Å². The Balaban J connectivity index is 2.75. The SMILES string of the molecule is CCc1nc2cc(C#N)cc(C)c2s1. The summed E-state index contributed by atoms with van der Waals surface area (Å²) in [5, 5.41) is 9.95. The van der Waals surface area contributed by atoms with E-state index in [9.17, 15) is 0 Å². The number of thiazole rings is 1. The van der Waals surface area contributed by atoms with E-state index in [2.05, 4.69) is 18.0 Å². The molecule has 14 heavy (non-hydrogen) atoms. The molecule has 0 aliphatic rings. The molecule has 0 amide bonds. The second-order valence-electron chi connectivity index (χ2n) is 3.21. The molecule has 0 aliphatic heterocycles. The number of fused-ring (bicyclic) bond motifs is 1. The molecule has 2 rings (SSSR count). The lowest BCUT2D eigenvalue weighted by atomic mass is 10.1. The van der Waals surface area contributed by atoms with Crippen molar-refractivity contribution in [2.45, 2.75) is 20.3 Å². The van der Waals surface area contributed by atoms with Gasteiger partial charge in [0.2, 0.25) is 0 Å². The second kappa shape index (κ2) is 3.39. The Kier molecular flexibility index (Phi) is 2.22. The summed E-state index contributed by atoms with van der Waals surface area (Å²) in [7, 11) is 0. The average molecular weight is 202 g/mol. The standard InChI is InChI=1S/C11H10N2S/c1-3-10-13-9-5-8(6-12)4-7(2)11(9)14-10/h4-5H,3H2,1-2H3. The van der Waals surface area contributed by atoms with Crippen LogP contribution in [0.2, 0.25) is 0 Å². The first kappa shape index (κ1) is 9.17. The fourth-order valence-electron chi connectivity index (χ4n) is 1.46. The van der Waals surface area contributed by atoms with Crippen LogP contribution in [0.3, 0.4) is 0 Å². The van der Waals surface area contributed by atoms with Gasteiger partial charge in [0.05, 0.1) is 26.9 Å². The minimum atomic E-state index is 0.697. The highest BCUT2D eigenvalue weighted by Gasteiger charge is 2.06. The van der Waals surface area contributed by atoms with Crippen molar-refractivity contribution in [3.05, 3.63) is 28.3 Å². The minimum Gasteiger partial charge on any atom is -0.241 e. The zero-order valence-corrected chi connectivity index (χ0v) is 8.98. The lowest BCUT2D eigenvalue weighted by Crippen LogP contribution is -1.79. The molecule has 0 unspecified atom stereocenters. The molecule has 0 saturated carbocycles. The number of hydrogen-bond donors (Lipinski definition) is 0. The molecule has 0 N–H and O–H groups in total. The molecule has 0 bridgehead atoms. The van der Waals surface area contributed by atoms with Gasteiger partial charge >= 0.3 is 0 Å². The third kappa shape index (κ3) is 1.38. The normalized spacial score (nSPS) is 10.4. The molecule has 0 saturated heterocycles. The van der Waals surface area contributed by atoms with Gasteiger partial charge in [0.1, 0.15) is 0 Å². The van der Waals surface area contributed by atoms with Gasteiger partial charge < -0.3 is 0 Å². The van der Waals surface area contributed by atoms with E-state index in [1.807, 2.05) is 19.1 Å². The van der Waals surface area contributed by atoms with Gasteiger partial charge in [-0.1, -0.05) is 6.92 Å². The number of aryl methyl sites for hydroxylation is 2. The largest absolute Gasteiger partial charge is 0.241 e. The summed E-state index contributed by atoms with van der Waals surface area (Å²) < 4.78 is 1.21. The Hall–Kier alpha value is -1.40. The highest BCUT2D eigenvalue weighted by atomic mass is 32.1. The van der Waals surface area contributed by atoms with Crippen molar-refractivity contribution in [3.63, 3.8) is 0 Å². The third-order valence-corrected chi connectivity index (χ3v) is 3.50. The Labute approximate surface area is 86.8 Å². The Morgan fingerprint density at radius 1 is 1.50 bits per heavy atom.